The number of carbonyl (C=O) groups excluding carboxylic acids is 1. The van der Waals surface area contributed by atoms with Crippen molar-refractivity contribution < 1.29 is 14.7 Å². The number of pyridine rings is 1. The number of carboxylic acids is 1. The second-order valence-corrected chi connectivity index (χ2v) is 7.34. The molecule has 1 aliphatic heterocycles. The molecular formula is C17H19N3O3S. The Hall–Kier alpha value is -2.28. The van der Waals surface area contributed by atoms with Gasteiger partial charge in [-0.3, -0.25) is 14.6 Å². The first-order chi connectivity index (χ1) is 11.5. The molecule has 0 aromatic carbocycles. The number of aromatic nitrogens is 2. The van der Waals surface area contributed by atoms with E-state index in [1.165, 1.54) is 11.3 Å². The first-order valence-corrected chi connectivity index (χ1v) is 8.60. The molecular weight excluding hydrogens is 326 g/mol. The Morgan fingerprint density at radius 2 is 2.00 bits per heavy atom. The van der Waals surface area contributed by atoms with E-state index in [-0.39, 0.29) is 24.8 Å². The van der Waals surface area contributed by atoms with Crippen molar-refractivity contribution in [2.24, 2.45) is 5.92 Å². The molecule has 2 aromatic heterocycles. The summed E-state index contributed by atoms with van der Waals surface area (Å²) in [5.74, 6) is -1.68. The number of aliphatic carboxylic acids is 1. The average Bonchev–Trinajstić information content (AvgIpc) is 3.12. The number of carbonyl (C=O) groups is 2. The highest BCUT2D eigenvalue weighted by Gasteiger charge is 2.40. The van der Waals surface area contributed by atoms with Crippen molar-refractivity contribution >= 4 is 23.2 Å². The molecule has 7 heteroatoms. The summed E-state index contributed by atoms with van der Waals surface area (Å²) < 4.78 is 0. The zero-order valence-electron chi connectivity index (χ0n) is 13.6. The molecule has 2 atom stereocenters. The quantitative estimate of drug-likeness (QED) is 0.916. The number of hydrogen-bond acceptors (Lipinski definition) is 5. The number of amides is 1. The Kier molecular flexibility index (Phi) is 4.62. The third-order valence-corrected chi connectivity index (χ3v) is 5.51. The number of carboxylic acid groups (broad SMARTS) is 1. The van der Waals surface area contributed by atoms with Gasteiger partial charge >= 0.3 is 5.97 Å². The predicted octanol–water partition coefficient (Wildman–Crippen LogP) is 2.02. The molecule has 2 aromatic rings. The SMILES string of the molecule is Cc1nc(C)c(CC(=O)N2C[C@@H](C(=O)O)[C@H](c3ccncc3)C2)s1. The van der Waals surface area contributed by atoms with E-state index in [1.807, 2.05) is 26.0 Å². The highest BCUT2D eigenvalue weighted by atomic mass is 32.1. The summed E-state index contributed by atoms with van der Waals surface area (Å²) in [7, 11) is 0. The summed E-state index contributed by atoms with van der Waals surface area (Å²) in [5, 5.41) is 10.5. The molecule has 0 radical (unpaired) electrons. The van der Waals surface area contributed by atoms with Crippen LogP contribution in [0.2, 0.25) is 0 Å². The maximum absolute atomic E-state index is 12.6. The van der Waals surface area contributed by atoms with Crippen molar-refractivity contribution in [2.45, 2.75) is 26.2 Å². The van der Waals surface area contributed by atoms with Crippen molar-refractivity contribution in [3.05, 3.63) is 45.7 Å². The summed E-state index contributed by atoms with van der Waals surface area (Å²) in [4.78, 5) is 35.2. The minimum absolute atomic E-state index is 0.0374. The summed E-state index contributed by atoms with van der Waals surface area (Å²) >= 11 is 1.52. The van der Waals surface area contributed by atoms with Gasteiger partial charge in [-0.15, -0.1) is 11.3 Å². The maximum atomic E-state index is 12.6. The lowest BCUT2D eigenvalue weighted by molar-refractivity contribution is -0.141. The standard InChI is InChI=1S/C17H19N3O3S/c1-10-15(24-11(2)19-10)7-16(21)20-8-13(14(9-20)17(22)23)12-3-5-18-6-4-12/h3-6,13-14H,7-9H2,1-2H3,(H,22,23)/t13-,14+/m0/s1. The Balaban J connectivity index is 1.76. The summed E-state index contributed by atoms with van der Waals surface area (Å²) in [6.07, 6.45) is 3.59. The van der Waals surface area contributed by atoms with Crippen LogP contribution in [-0.2, 0) is 16.0 Å². The minimum atomic E-state index is -0.864. The number of likely N-dealkylation sites (tertiary alicyclic amines) is 1. The predicted molar refractivity (Wildman–Crippen MR) is 90.0 cm³/mol. The minimum Gasteiger partial charge on any atom is -0.481 e. The fourth-order valence-electron chi connectivity index (χ4n) is 3.19. The molecule has 0 aliphatic carbocycles. The molecule has 0 saturated carbocycles. The normalized spacial score (nSPS) is 20.3. The van der Waals surface area contributed by atoms with Gasteiger partial charge in [0.1, 0.15) is 0 Å². The number of nitrogens with zero attached hydrogens (tertiary/aromatic N) is 3. The van der Waals surface area contributed by atoms with Crippen LogP contribution in [0, 0.1) is 19.8 Å². The van der Waals surface area contributed by atoms with E-state index in [0.717, 1.165) is 21.1 Å². The van der Waals surface area contributed by atoms with Crippen LogP contribution in [0.15, 0.2) is 24.5 Å². The zero-order valence-corrected chi connectivity index (χ0v) is 14.4. The lowest BCUT2D eigenvalue weighted by atomic mass is 9.90. The third kappa shape index (κ3) is 3.31. The van der Waals surface area contributed by atoms with E-state index >= 15 is 0 Å². The Morgan fingerprint density at radius 1 is 1.29 bits per heavy atom. The summed E-state index contributed by atoms with van der Waals surface area (Å²) in [5.41, 5.74) is 1.79. The van der Waals surface area contributed by atoms with E-state index < -0.39 is 11.9 Å². The van der Waals surface area contributed by atoms with Gasteiger partial charge in [-0.1, -0.05) is 0 Å². The van der Waals surface area contributed by atoms with Gasteiger partial charge in [-0.05, 0) is 31.5 Å². The van der Waals surface area contributed by atoms with Crippen molar-refractivity contribution in [3.8, 4) is 0 Å². The van der Waals surface area contributed by atoms with Gasteiger partial charge in [-0.25, -0.2) is 4.98 Å². The average molecular weight is 345 g/mol. The topological polar surface area (TPSA) is 83.4 Å². The Bertz CT molecular complexity index is 760. The number of hydrogen-bond donors (Lipinski definition) is 1. The first kappa shape index (κ1) is 16.6. The third-order valence-electron chi connectivity index (χ3n) is 4.44. The van der Waals surface area contributed by atoms with Crippen LogP contribution in [0.3, 0.4) is 0 Å². The monoisotopic (exact) mass is 345 g/mol. The lowest BCUT2D eigenvalue weighted by Gasteiger charge is -2.16. The molecule has 3 heterocycles. The van der Waals surface area contributed by atoms with E-state index in [4.69, 9.17) is 0 Å². The second kappa shape index (κ2) is 6.68. The number of aryl methyl sites for hydroxylation is 2. The van der Waals surface area contributed by atoms with Gasteiger partial charge in [0.05, 0.1) is 23.0 Å². The molecule has 3 rings (SSSR count). The van der Waals surface area contributed by atoms with Crippen molar-refractivity contribution in [1.29, 1.82) is 0 Å². The van der Waals surface area contributed by atoms with Gasteiger partial charge in [0, 0.05) is 36.3 Å². The van der Waals surface area contributed by atoms with E-state index in [9.17, 15) is 14.7 Å². The van der Waals surface area contributed by atoms with Crippen LogP contribution in [0.1, 0.15) is 27.1 Å². The van der Waals surface area contributed by atoms with E-state index in [0.29, 0.717) is 6.54 Å². The van der Waals surface area contributed by atoms with Crippen LogP contribution in [0.4, 0.5) is 0 Å². The highest BCUT2D eigenvalue weighted by Crippen LogP contribution is 2.33. The van der Waals surface area contributed by atoms with Crippen LogP contribution >= 0.6 is 11.3 Å². The van der Waals surface area contributed by atoms with Crippen molar-refractivity contribution in [3.63, 3.8) is 0 Å². The molecule has 0 bridgehead atoms. The highest BCUT2D eigenvalue weighted by molar-refractivity contribution is 7.11. The number of thiazole rings is 1. The van der Waals surface area contributed by atoms with Crippen molar-refractivity contribution in [2.75, 3.05) is 13.1 Å². The fourth-order valence-corrected chi connectivity index (χ4v) is 4.12. The lowest BCUT2D eigenvalue weighted by Crippen LogP contribution is -2.31. The van der Waals surface area contributed by atoms with Gasteiger partial charge in [0.15, 0.2) is 0 Å². The van der Waals surface area contributed by atoms with E-state index in [1.54, 1.807) is 17.3 Å². The molecule has 1 saturated heterocycles. The molecule has 1 amide bonds. The largest absolute Gasteiger partial charge is 0.481 e. The van der Waals surface area contributed by atoms with Crippen molar-refractivity contribution in [1.82, 2.24) is 14.9 Å². The van der Waals surface area contributed by atoms with Gasteiger partial charge < -0.3 is 10.0 Å². The molecule has 0 spiro atoms. The van der Waals surface area contributed by atoms with Crippen LogP contribution in [-0.4, -0.2) is 44.9 Å². The van der Waals surface area contributed by atoms with Crippen LogP contribution < -0.4 is 0 Å². The smallest absolute Gasteiger partial charge is 0.308 e. The maximum Gasteiger partial charge on any atom is 0.308 e. The molecule has 6 nitrogen and oxygen atoms in total. The van der Waals surface area contributed by atoms with Crippen LogP contribution in [0.5, 0.6) is 0 Å². The Morgan fingerprint density at radius 3 is 2.58 bits per heavy atom. The molecule has 1 fully saturated rings. The molecule has 1 aliphatic rings. The van der Waals surface area contributed by atoms with Gasteiger partial charge in [0.25, 0.3) is 0 Å². The van der Waals surface area contributed by atoms with Gasteiger partial charge in [0.2, 0.25) is 5.91 Å². The van der Waals surface area contributed by atoms with Gasteiger partial charge in [-0.2, -0.15) is 0 Å². The molecule has 0 unspecified atom stereocenters. The molecule has 1 N–H and O–H groups in total. The second-order valence-electron chi connectivity index (χ2n) is 6.05. The Labute approximate surface area is 144 Å². The zero-order chi connectivity index (χ0) is 17.3. The van der Waals surface area contributed by atoms with Crippen LogP contribution in [0.25, 0.3) is 0 Å². The number of rotatable bonds is 4. The van der Waals surface area contributed by atoms with E-state index in [2.05, 4.69) is 9.97 Å². The molecule has 126 valence electrons. The molecule has 24 heavy (non-hydrogen) atoms. The fraction of sp³-hybridized carbons (Fsp3) is 0.412. The summed E-state index contributed by atoms with van der Waals surface area (Å²) in [6, 6.07) is 3.65. The summed E-state index contributed by atoms with van der Waals surface area (Å²) in [6.45, 7) is 4.49. The first-order valence-electron chi connectivity index (χ1n) is 7.79.